The number of rotatable bonds is 4. The van der Waals surface area contributed by atoms with E-state index in [4.69, 9.17) is 4.98 Å². The molecule has 0 aliphatic carbocycles. The quantitative estimate of drug-likeness (QED) is 0.803. The number of fused-ring (bicyclic) bond motifs is 1. The SMILES string of the molecule is CC(C)N1CCc2nc(C3CCN(S(=O)(=O)N4CCCC4)CC3)[nH]c(=O)c2C1. The molecule has 28 heavy (non-hydrogen) atoms. The molecule has 0 atom stereocenters. The summed E-state index contributed by atoms with van der Waals surface area (Å²) in [4.78, 5) is 22.7. The molecule has 0 radical (unpaired) electrons. The molecular weight excluding hydrogens is 378 g/mol. The fraction of sp³-hybridized carbons (Fsp3) is 0.789. The van der Waals surface area contributed by atoms with Crippen LogP contribution in [0.2, 0.25) is 0 Å². The van der Waals surface area contributed by atoms with Crippen molar-refractivity contribution in [3.05, 3.63) is 27.4 Å². The lowest BCUT2D eigenvalue weighted by atomic mass is 9.96. The van der Waals surface area contributed by atoms with E-state index in [9.17, 15) is 13.2 Å². The second kappa shape index (κ2) is 7.85. The predicted octanol–water partition coefficient (Wildman–Crippen LogP) is 1.06. The highest BCUT2D eigenvalue weighted by atomic mass is 32.2. The van der Waals surface area contributed by atoms with Gasteiger partial charge in [0, 0.05) is 57.6 Å². The van der Waals surface area contributed by atoms with Gasteiger partial charge in [0.05, 0.1) is 11.3 Å². The predicted molar refractivity (Wildman–Crippen MR) is 107 cm³/mol. The maximum Gasteiger partial charge on any atom is 0.281 e. The minimum Gasteiger partial charge on any atom is -0.310 e. The summed E-state index contributed by atoms with van der Waals surface area (Å²) >= 11 is 0. The van der Waals surface area contributed by atoms with Crippen molar-refractivity contribution >= 4 is 10.2 Å². The van der Waals surface area contributed by atoms with Crippen LogP contribution in [0, 0.1) is 0 Å². The van der Waals surface area contributed by atoms with E-state index in [2.05, 4.69) is 23.7 Å². The fourth-order valence-corrected chi connectivity index (χ4v) is 6.26. The molecule has 3 aliphatic rings. The van der Waals surface area contributed by atoms with Crippen molar-refractivity contribution < 1.29 is 8.42 Å². The molecule has 2 fully saturated rings. The third-order valence-corrected chi connectivity index (χ3v) is 8.44. The molecule has 0 saturated carbocycles. The molecule has 0 amide bonds. The first-order chi connectivity index (χ1) is 13.4. The highest BCUT2D eigenvalue weighted by Crippen LogP contribution is 2.29. The molecule has 4 heterocycles. The molecule has 8 nitrogen and oxygen atoms in total. The van der Waals surface area contributed by atoms with Gasteiger partial charge in [-0.15, -0.1) is 0 Å². The zero-order valence-corrected chi connectivity index (χ0v) is 17.7. The van der Waals surface area contributed by atoms with E-state index < -0.39 is 10.2 Å². The third kappa shape index (κ3) is 3.77. The number of aromatic nitrogens is 2. The lowest BCUT2D eigenvalue weighted by Crippen LogP contribution is -2.46. The summed E-state index contributed by atoms with van der Waals surface area (Å²) in [7, 11) is -3.34. The number of piperidine rings is 1. The van der Waals surface area contributed by atoms with Gasteiger partial charge in [-0.25, -0.2) is 4.98 Å². The van der Waals surface area contributed by atoms with Crippen molar-refractivity contribution in [2.24, 2.45) is 0 Å². The van der Waals surface area contributed by atoms with E-state index in [0.717, 1.165) is 42.9 Å². The van der Waals surface area contributed by atoms with Gasteiger partial charge in [0.2, 0.25) is 0 Å². The fourth-order valence-electron chi connectivity index (χ4n) is 4.54. The van der Waals surface area contributed by atoms with E-state index in [1.165, 1.54) is 0 Å². The Morgan fingerprint density at radius 1 is 1.04 bits per heavy atom. The van der Waals surface area contributed by atoms with E-state index in [-0.39, 0.29) is 11.5 Å². The maximum absolute atomic E-state index is 12.7. The first-order valence-corrected chi connectivity index (χ1v) is 11.9. The van der Waals surface area contributed by atoms with Crippen molar-refractivity contribution in [2.75, 3.05) is 32.7 Å². The summed E-state index contributed by atoms with van der Waals surface area (Å²) in [6, 6.07) is 0.411. The Morgan fingerprint density at radius 3 is 2.32 bits per heavy atom. The molecule has 3 aliphatic heterocycles. The van der Waals surface area contributed by atoms with Gasteiger partial charge in [0.25, 0.3) is 15.8 Å². The third-order valence-electron chi connectivity index (χ3n) is 6.40. The minimum atomic E-state index is -3.34. The summed E-state index contributed by atoms with van der Waals surface area (Å²) < 4.78 is 28.7. The Kier molecular flexibility index (Phi) is 5.61. The van der Waals surface area contributed by atoms with Gasteiger partial charge in [-0.05, 0) is 39.5 Å². The van der Waals surface area contributed by atoms with Gasteiger partial charge in [0.1, 0.15) is 5.82 Å². The van der Waals surface area contributed by atoms with E-state index >= 15 is 0 Å². The van der Waals surface area contributed by atoms with Crippen LogP contribution in [0.5, 0.6) is 0 Å². The van der Waals surface area contributed by atoms with Gasteiger partial charge in [-0.2, -0.15) is 17.0 Å². The summed E-state index contributed by atoms with van der Waals surface area (Å²) in [6.45, 7) is 8.12. The number of nitrogens with zero attached hydrogens (tertiary/aromatic N) is 4. The van der Waals surface area contributed by atoms with Gasteiger partial charge in [-0.3, -0.25) is 9.69 Å². The number of hydrogen-bond acceptors (Lipinski definition) is 5. The average Bonchev–Trinajstić information content (AvgIpc) is 3.23. The van der Waals surface area contributed by atoms with Gasteiger partial charge in [-0.1, -0.05) is 0 Å². The molecule has 1 aromatic heterocycles. The summed E-state index contributed by atoms with van der Waals surface area (Å²) in [5, 5.41) is 0. The van der Waals surface area contributed by atoms with E-state index in [1.807, 2.05) is 0 Å². The Labute approximate surface area is 167 Å². The minimum absolute atomic E-state index is 0.0301. The molecule has 1 aromatic rings. The van der Waals surface area contributed by atoms with Gasteiger partial charge in [0.15, 0.2) is 0 Å². The highest BCUT2D eigenvalue weighted by Gasteiger charge is 2.35. The maximum atomic E-state index is 12.7. The molecule has 4 rings (SSSR count). The molecule has 0 bridgehead atoms. The summed E-state index contributed by atoms with van der Waals surface area (Å²) in [6.07, 6.45) is 4.10. The largest absolute Gasteiger partial charge is 0.310 e. The van der Waals surface area contributed by atoms with Crippen molar-refractivity contribution in [3.8, 4) is 0 Å². The Morgan fingerprint density at radius 2 is 1.68 bits per heavy atom. The van der Waals surface area contributed by atoms with E-state index in [1.54, 1.807) is 8.61 Å². The lowest BCUT2D eigenvalue weighted by molar-refractivity contribution is 0.200. The molecule has 156 valence electrons. The standard InChI is InChI=1S/C19H31N5O3S/c1-14(2)22-10-7-17-16(13-22)19(25)21-18(20-17)15-5-11-24(12-6-15)28(26,27)23-8-3-4-9-23/h14-15H,3-13H2,1-2H3,(H,20,21,25). The zero-order valence-electron chi connectivity index (χ0n) is 16.9. The molecule has 1 N–H and O–H groups in total. The average molecular weight is 410 g/mol. The molecule has 0 aromatic carbocycles. The first kappa shape index (κ1) is 20.0. The van der Waals surface area contributed by atoms with Crippen LogP contribution in [0.3, 0.4) is 0 Å². The van der Waals surface area contributed by atoms with Crippen LogP contribution in [-0.4, -0.2) is 70.7 Å². The van der Waals surface area contributed by atoms with Crippen LogP contribution in [0.4, 0.5) is 0 Å². The van der Waals surface area contributed by atoms with Crippen molar-refractivity contribution in [1.82, 2.24) is 23.5 Å². The Hall–Kier alpha value is -1.29. The van der Waals surface area contributed by atoms with Crippen LogP contribution in [0.25, 0.3) is 0 Å². The highest BCUT2D eigenvalue weighted by molar-refractivity contribution is 7.86. The number of aromatic amines is 1. The van der Waals surface area contributed by atoms with Gasteiger partial charge < -0.3 is 4.98 Å². The summed E-state index contributed by atoms with van der Waals surface area (Å²) in [5.74, 6) is 0.853. The molecule has 0 unspecified atom stereocenters. The number of hydrogen-bond donors (Lipinski definition) is 1. The topological polar surface area (TPSA) is 89.6 Å². The molecule has 0 spiro atoms. The Bertz CT molecular complexity index is 868. The van der Waals surface area contributed by atoms with Crippen molar-refractivity contribution in [2.45, 2.75) is 64.5 Å². The molecule has 9 heteroatoms. The van der Waals surface area contributed by atoms with Crippen LogP contribution >= 0.6 is 0 Å². The lowest BCUT2D eigenvalue weighted by Gasteiger charge is -2.34. The molecular formula is C19H31N5O3S. The second-order valence-corrected chi connectivity index (χ2v) is 10.4. The monoisotopic (exact) mass is 409 g/mol. The smallest absolute Gasteiger partial charge is 0.281 e. The zero-order chi connectivity index (χ0) is 19.9. The number of H-pyrrole nitrogens is 1. The van der Waals surface area contributed by atoms with E-state index in [0.29, 0.717) is 51.6 Å². The van der Waals surface area contributed by atoms with Gasteiger partial charge >= 0.3 is 0 Å². The van der Waals surface area contributed by atoms with Crippen LogP contribution in [-0.2, 0) is 23.2 Å². The van der Waals surface area contributed by atoms with Crippen molar-refractivity contribution in [1.29, 1.82) is 0 Å². The van der Waals surface area contributed by atoms with Crippen LogP contribution in [0.15, 0.2) is 4.79 Å². The molecule has 2 saturated heterocycles. The Balaban J connectivity index is 1.45. The second-order valence-electron chi connectivity index (χ2n) is 8.48. The normalized spacial score (nSPS) is 23.4. The summed E-state index contributed by atoms with van der Waals surface area (Å²) in [5.41, 5.74) is 1.68. The number of nitrogens with one attached hydrogen (secondary N) is 1. The van der Waals surface area contributed by atoms with Crippen molar-refractivity contribution in [3.63, 3.8) is 0 Å². The first-order valence-electron chi connectivity index (χ1n) is 10.5. The van der Waals surface area contributed by atoms with Crippen LogP contribution < -0.4 is 5.56 Å². The van der Waals surface area contributed by atoms with Crippen LogP contribution in [0.1, 0.15) is 62.5 Å².